The number of rotatable bonds is 3. The van der Waals surface area contributed by atoms with Crippen LogP contribution in [0.5, 0.6) is 5.75 Å². The Bertz CT molecular complexity index is 582. The molecule has 3 rings (SSSR count). The molecule has 1 aromatic heterocycles. The second-order valence-corrected chi connectivity index (χ2v) is 4.31. The van der Waals surface area contributed by atoms with Crippen LogP contribution in [0.2, 0.25) is 0 Å². The van der Waals surface area contributed by atoms with Gasteiger partial charge < -0.3 is 14.3 Å². The minimum atomic E-state index is -1.05. The van der Waals surface area contributed by atoms with E-state index in [1.54, 1.807) is 43.5 Å². The summed E-state index contributed by atoms with van der Waals surface area (Å²) in [5.74, 6) is 0.960. The number of hydrogen-bond donors (Lipinski definition) is 1. The van der Waals surface area contributed by atoms with Crippen LogP contribution in [0.15, 0.2) is 47.1 Å². The molecule has 0 saturated carbocycles. The third-order valence-electron chi connectivity index (χ3n) is 3.25. The van der Waals surface area contributed by atoms with Crippen LogP contribution in [-0.2, 0) is 4.79 Å². The van der Waals surface area contributed by atoms with E-state index in [1.165, 1.54) is 11.2 Å². The topological polar surface area (TPSA) is 62.9 Å². The maximum Gasteiger partial charge on any atom is 0.259 e. The van der Waals surface area contributed by atoms with Crippen molar-refractivity contribution in [1.82, 2.24) is 0 Å². The van der Waals surface area contributed by atoms with E-state index in [1.807, 2.05) is 0 Å². The van der Waals surface area contributed by atoms with E-state index in [2.05, 4.69) is 0 Å². The van der Waals surface area contributed by atoms with Gasteiger partial charge in [-0.15, -0.1) is 0 Å². The Morgan fingerprint density at radius 3 is 2.50 bits per heavy atom. The fourth-order valence-electron chi connectivity index (χ4n) is 2.25. The van der Waals surface area contributed by atoms with Crippen LogP contribution >= 0.6 is 0 Å². The number of anilines is 1. The third kappa shape index (κ3) is 2.53. The monoisotopic (exact) mass is 486 g/mol. The zero-order valence-corrected chi connectivity index (χ0v) is 15.6. The van der Waals surface area contributed by atoms with E-state index in [4.69, 9.17) is 9.15 Å². The van der Waals surface area contributed by atoms with Gasteiger partial charge in [0.15, 0.2) is 6.10 Å². The van der Waals surface area contributed by atoms with Crippen LogP contribution in [0.4, 0.5) is 5.69 Å². The third-order valence-corrected chi connectivity index (χ3v) is 3.25. The van der Waals surface area contributed by atoms with E-state index in [-0.39, 0.29) is 50.0 Å². The molecule has 1 N–H and O–H groups in total. The Hall–Kier alpha value is -0.828. The van der Waals surface area contributed by atoms with Crippen molar-refractivity contribution in [3.63, 3.8) is 0 Å². The van der Waals surface area contributed by atoms with Gasteiger partial charge in [-0.05, 0) is 36.4 Å². The minimum Gasteiger partial charge on any atom is -0.497 e. The predicted molar refractivity (Wildman–Crippen MR) is 67.9 cm³/mol. The van der Waals surface area contributed by atoms with Gasteiger partial charge in [-0.1, -0.05) is 0 Å². The Labute approximate surface area is 152 Å². The molecule has 0 spiro atoms. The molecule has 1 aliphatic heterocycles. The summed E-state index contributed by atoms with van der Waals surface area (Å²) in [5.41, 5.74) is 0.706. The molecule has 5 nitrogen and oxygen atoms in total. The average molecular weight is 486 g/mol. The summed E-state index contributed by atoms with van der Waals surface area (Å²) >= 11 is 0. The number of methoxy groups -OCH3 is 1. The number of carbonyl (C=O) groups is 1. The molecule has 0 bridgehead atoms. The Morgan fingerprint density at radius 1 is 1.25 bits per heavy atom. The van der Waals surface area contributed by atoms with Crippen LogP contribution in [0, 0.1) is 44.1 Å². The SMILES string of the molecule is COc1ccc(N2C(=O)C(O)[C@@H]2c2ccco2)cc1.[Ac]. The summed E-state index contributed by atoms with van der Waals surface area (Å²) in [7, 11) is 1.58. The maximum absolute atomic E-state index is 11.8. The number of β-lactam (4-membered cyclic amide) rings is 1. The van der Waals surface area contributed by atoms with Gasteiger partial charge in [0.1, 0.15) is 17.6 Å². The molecule has 1 saturated heterocycles. The van der Waals surface area contributed by atoms with Gasteiger partial charge >= 0.3 is 0 Å². The second kappa shape index (κ2) is 6.30. The molecule has 0 aliphatic carbocycles. The fraction of sp³-hybridized carbons (Fsp3) is 0.214. The van der Waals surface area contributed by atoms with Crippen LogP contribution in [0.3, 0.4) is 0 Å². The van der Waals surface area contributed by atoms with Crippen molar-refractivity contribution >= 4 is 11.6 Å². The van der Waals surface area contributed by atoms with Gasteiger partial charge in [0.05, 0.1) is 13.4 Å². The van der Waals surface area contributed by atoms with Crippen LogP contribution in [0.25, 0.3) is 0 Å². The number of benzene rings is 1. The summed E-state index contributed by atoms with van der Waals surface area (Å²) < 4.78 is 10.4. The largest absolute Gasteiger partial charge is 0.497 e. The first-order chi connectivity index (χ1) is 9.22. The van der Waals surface area contributed by atoms with Crippen molar-refractivity contribution < 1.29 is 63.1 Å². The molecule has 2 heterocycles. The van der Waals surface area contributed by atoms with Crippen LogP contribution < -0.4 is 9.64 Å². The molecule has 1 radical (unpaired) electrons. The Morgan fingerprint density at radius 2 is 1.95 bits per heavy atom. The zero-order chi connectivity index (χ0) is 13.4. The van der Waals surface area contributed by atoms with E-state index < -0.39 is 12.1 Å². The van der Waals surface area contributed by atoms with E-state index in [9.17, 15) is 9.90 Å². The predicted octanol–water partition coefficient (Wildman–Crippen LogP) is 1.74. The number of nitrogens with zero attached hydrogens (tertiary/aromatic N) is 1. The molecule has 1 aliphatic rings. The molecule has 1 amide bonds. The summed E-state index contributed by atoms with van der Waals surface area (Å²) in [5, 5.41) is 9.80. The number of ether oxygens (including phenoxy) is 1. The van der Waals surface area contributed by atoms with Crippen molar-refractivity contribution in [3.05, 3.63) is 48.4 Å². The second-order valence-electron chi connectivity index (χ2n) is 4.31. The molecule has 1 aromatic carbocycles. The van der Waals surface area contributed by atoms with Gasteiger partial charge in [0.2, 0.25) is 0 Å². The number of furan rings is 1. The smallest absolute Gasteiger partial charge is 0.259 e. The number of hydrogen-bond acceptors (Lipinski definition) is 4. The molecular weight excluding hydrogens is 473 g/mol. The number of carbonyl (C=O) groups excluding carboxylic acids is 1. The summed E-state index contributed by atoms with van der Waals surface area (Å²) in [6, 6.07) is 10.1. The quantitative estimate of drug-likeness (QED) is 0.672. The van der Waals surface area contributed by atoms with E-state index in [0.717, 1.165) is 0 Å². The first-order valence-electron chi connectivity index (χ1n) is 5.91. The maximum atomic E-state index is 11.8. The molecule has 1 unspecified atom stereocenters. The van der Waals surface area contributed by atoms with E-state index >= 15 is 0 Å². The standard InChI is InChI=1S/C14H13NO4.Ac/c1-18-10-6-4-9(5-7-10)15-12(13(16)14(15)17)11-3-2-8-19-11;/h2-8,12-13,16H,1H3;/t12-,13?;/m0./s1. The van der Waals surface area contributed by atoms with Crippen molar-refractivity contribution in [3.8, 4) is 5.75 Å². The van der Waals surface area contributed by atoms with Gasteiger partial charge in [-0.3, -0.25) is 9.69 Å². The zero-order valence-electron chi connectivity index (χ0n) is 10.9. The molecular formula is C14H13AcNO4. The molecule has 101 valence electrons. The minimum absolute atomic E-state index is 0. The van der Waals surface area contributed by atoms with Crippen LogP contribution in [0.1, 0.15) is 11.8 Å². The fourth-order valence-corrected chi connectivity index (χ4v) is 2.25. The van der Waals surface area contributed by atoms with Gasteiger partial charge in [-0.2, -0.15) is 0 Å². The summed E-state index contributed by atoms with van der Waals surface area (Å²) in [6.07, 6.45) is 0.477. The number of aliphatic hydroxyl groups excluding tert-OH is 1. The molecule has 2 aromatic rings. The first-order valence-corrected chi connectivity index (χ1v) is 5.91. The van der Waals surface area contributed by atoms with Crippen molar-refractivity contribution in [1.29, 1.82) is 0 Å². The van der Waals surface area contributed by atoms with Crippen molar-refractivity contribution in [2.24, 2.45) is 0 Å². The average Bonchev–Trinajstić information content (AvgIpc) is 2.97. The van der Waals surface area contributed by atoms with Gasteiger partial charge in [0, 0.05) is 49.7 Å². The molecule has 20 heavy (non-hydrogen) atoms. The van der Waals surface area contributed by atoms with E-state index in [0.29, 0.717) is 17.2 Å². The normalized spacial score (nSPS) is 21.1. The first kappa shape index (κ1) is 15.6. The Balaban J connectivity index is 0.00000147. The van der Waals surface area contributed by atoms with Crippen LogP contribution in [-0.4, -0.2) is 24.2 Å². The van der Waals surface area contributed by atoms with Crippen molar-refractivity contribution in [2.45, 2.75) is 12.1 Å². The van der Waals surface area contributed by atoms with Gasteiger partial charge in [-0.25, -0.2) is 0 Å². The molecule has 1 fully saturated rings. The number of aliphatic hydroxyl groups is 1. The Kier molecular flexibility index (Phi) is 4.90. The molecule has 6 heteroatoms. The summed E-state index contributed by atoms with van der Waals surface area (Å²) in [6.45, 7) is 0. The van der Waals surface area contributed by atoms with Gasteiger partial charge in [0.25, 0.3) is 5.91 Å². The van der Waals surface area contributed by atoms with Crippen molar-refractivity contribution in [2.75, 3.05) is 12.0 Å². The molecule has 2 atom stereocenters. The number of amides is 1. The summed E-state index contributed by atoms with van der Waals surface area (Å²) in [4.78, 5) is 13.3.